The molecule has 0 fully saturated rings. The number of benzene rings is 3. The molecule has 0 bridgehead atoms. The molecule has 0 saturated heterocycles. The summed E-state index contributed by atoms with van der Waals surface area (Å²) in [4.78, 5) is 0. The number of phenolic OH excluding ortho intramolecular Hbond substituents is 2. The Bertz CT molecular complexity index is 1110. The minimum Gasteiger partial charge on any atom is -0.508 e. The molecule has 0 unspecified atom stereocenters. The highest BCUT2D eigenvalue weighted by molar-refractivity contribution is 5.84. The number of hydrogen-bond acceptors (Lipinski definition) is 4. The van der Waals surface area contributed by atoms with Crippen LogP contribution >= 0.6 is 0 Å². The smallest absolute Gasteiger partial charge is 0.138 e. The van der Waals surface area contributed by atoms with Crippen molar-refractivity contribution in [2.24, 2.45) is 0 Å². The second kappa shape index (κ2) is 6.40. The third kappa shape index (κ3) is 3.34. The third-order valence-electron chi connectivity index (χ3n) is 4.50. The van der Waals surface area contributed by atoms with Crippen molar-refractivity contribution in [3.05, 3.63) is 71.3 Å². The van der Waals surface area contributed by atoms with Crippen LogP contribution in [0, 0.1) is 20.8 Å². The van der Waals surface area contributed by atoms with Gasteiger partial charge in [-0.15, -0.1) is 0 Å². The van der Waals surface area contributed by atoms with Crippen LogP contribution in [0.2, 0.25) is 0 Å². The van der Waals surface area contributed by atoms with Gasteiger partial charge in [-0.2, -0.15) is 0 Å². The molecule has 4 rings (SSSR count). The summed E-state index contributed by atoms with van der Waals surface area (Å²) in [6.45, 7) is 6.14. The number of furan rings is 1. The average Bonchev–Trinajstić information content (AvgIpc) is 3.00. The molecular formula is C23H20O4. The van der Waals surface area contributed by atoms with Gasteiger partial charge in [0.05, 0.1) is 0 Å². The summed E-state index contributed by atoms with van der Waals surface area (Å²) >= 11 is 0. The molecule has 3 aromatic carbocycles. The van der Waals surface area contributed by atoms with E-state index in [0.717, 1.165) is 22.3 Å². The van der Waals surface area contributed by atoms with E-state index in [1.807, 2.05) is 38.1 Å². The first-order chi connectivity index (χ1) is 12.9. The zero-order valence-electron chi connectivity index (χ0n) is 15.4. The number of fused-ring (bicyclic) bond motifs is 1. The van der Waals surface area contributed by atoms with Crippen molar-refractivity contribution >= 4 is 11.0 Å². The first-order valence-electron chi connectivity index (χ1n) is 8.72. The van der Waals surface area contributed by atoms with Gasteiger partial charge in [0.2, 0.25) is 0 Å². The highest BCUT2D eigenvalue weighted by atomic mass is 16.5. The summed E-state index contributed by atoms with van der Waals surface area (Å²) in [5.41, 5.74) is 4.66. The molecule has 0 saturated carbocycles. The van der Waals surface area contributed by atoms with Crippen molar-refractivity contribution in [1.29, 1.82) is 0 Å². The fraction of sp³-hybridized carbons (Fsp3) is 0.130. The molecule has 0 spiro atoms. The Balaban J connectivity index is 1.71. The highest BCUT2D eigenvalue weighted by Crippen LogP contribution is 2.36. The molecule has 0 atom stereocenters. The fourth-order valence-corrected chi connectivity index (χ4v) is 3.40. The van der Waals surface area contributed by atoms with Crippen LogP contribution in [0.4, 0.5) is 0 Å². The zero-order chi connectivity index (χ0) is 19.1. The van der Waals surface area contributed by atoms with Gasteiger partial charge >= 0.3 is 0 Å². The van der Waals surface area contributed by atoms with Crippen LogP contribution in [0.25, 0.3) is 22.3 Å². The predicted molar refractivity (Wildman–Crippen MR) is 106 cm³/mol. The first-order valence-corrected chi connectivity index (χ1v) is 8.72. The molecular weight excluding hydrogens is 340 g/mol. The van der Waals surface area contributed by atoms with Gasteiger partial charge in [0.15, 0.2) is 0 Å². The van der Waals surface area contributed by atoms with Gasteiger partial charge < -0.3 is 19.4 Å². The molecule has 4 nitrogen and oxygen atoms in total. The predicted octanol–water partition coefficient (Wildman–Crippen LogP) is 6.23. The van der Waals surface area contributed by atoms with Gasteiger partial charge in [0, 0.05) is 23.1 Å². The maximum atomic E-state index is 9.69. The quantitative estimate of drug-likeness (QED) is 0.455. The van der Waals surface area contributed by atoms with E-state index < -0.39 is 0 Å². The first kappa shape index (κ1) is 17.0. The summed E-state index contributed by atoms with van der Waals surface area (Å²) in [6, 6.07) is 16.1. The number of phenols is 2. The van der Waals surface area contributed by atoms with Crippen LogP contribution in [0.15, 0.2) is 59.0 Å². The Morgan fingerprint density at radius 3 is 2.11 bits per heavy atom. The second-order valence-electron chi connectivity index (χ2n) is 6.88. The molecule has 1 heterocycles. The number of aromatic hydroxyl groups is 2. The van der Waals surface area contributed by atoms with Gasteiger partial charge in [-0.25, -0.2) is 0 Å². The van der Waals surface area contributed by atoms with Crippen molar-refractivity contribution < 1.29 is 19.4 Å². The van der Waals surface area contributed by atoms with Gasteiger partial charge in [-0.05, 0) is 62.2 Å². The maximum absolute atomic E-state index is 9.69. The van der Waals surface area contributed by atoms with E-state index in [0.29, 0.717) is 22.7 Å². The van der Waals surface area contributed by atoms with E-state index in [9.17, 15) is 10.2 Å². The fourth-order valence-electron chi connectivity index (χ4n) is 3.40. The Morgan fingerprint density at radius 2 is 1.44 bits per heavy atom. The molecule has 0 aliphatic carbocycles. The normalized spacial score (nSPS) is 11.1. The van der Waals surface area contributed by atoms with E-state index >= 15 is 0 Å². The summed E-state index contributed by atoms with van der Waals surface area (Å²) < 4.78 is 12.0. The summed E-state index contributed by atoms with van der Waals surface area (Å²) in [6.07, 6.45) is 0. The molecule has 27 heavy (non-hydrogen) atoms. The van der Waals surface area contributed by atoms with Crippen molar-refractivity contribution in [2.75, 3.05) is 0 Å². The second-order valence-corrected chi connectivity index (χ2v) is 6.88. The van der Waals surface area contributed by atoms with E-state index in [1.165, 1.54) is 11.6 Å². The highest BCUT2D eigenvalue weighted by Gasteiger charge is 2.11. The van der Waals surface area contributed by atoms with E-state index in [2.05, 4.69) is 19.1 Å². The molecule has 136 valence electrons. The van der Waals surface area contributed by atoms with Crippen LogP contribution in [0.5, 0.6) is 23.0 Å². The van der Waals surface area contributed by atoms with Crippen molar-refractivity contribution in [2.45, 2.75) is 20.8 Å². The Labute approximate surface area is 157 Å². The lowest BCUT2D eigenvalue weighted by Crippen LogP contribution is -1.92. The van der Waals surface area contributed by atoms with Crippen LogP contribution in [-0.4, -0.2) is 10.2 Å². The molecule has 1 aromatic heterocycles. The minimum absolute atomic E-state index is 0.0141. The Morgan fingerprint density at radius 1 is 0.778 bits per heavy atom. The molecule has 4 heteroatoms. The molecule has 0 radical (unpaired) electrons. The lowest BCUT2D eigenvalue weighted by atomic mass is 10.1. The average molecular weight is 360 g/mol. The Hall–Kier alpha value is -3.40. The van der Waals surface area contributed by atoms with Crippen molar-refractivity contribution in [3.8, 4) is 34.3 Å². The largest absolute Gasteiger partial charge is 0.508 e. The van der Waals surface area contributed by atoms with Crippen LogP contribution < -0.4 is 4.74 Å². The van der Waals surface area contributed by atoms with Crippen LogP contribution in [0.3, 0.4) is 0 Å². The molecule has 2 N–H and O–H groups in total. The topological polar surface area (TPSA) is 62.8 Å². The number of aryl methyl sites for hydroxylation is 3. The van der Waals surface area contributed by atoms with Gasteiger partial charge in [-0.3, -0.25) is 0 Å². The summed E-state index contributed by atoms with van der Waals surface area (Å²) in [5, 5.41) is 20.3. The van der Waals surface area contributed by atoms with E-state index in [-0.39, 0.29) is 11.5 Å². The molecule has 0 aliphatic heterocycles. The van der Waals surface area contributed by atoms with E-state index in [1.54, 1.807) is 12.1 Å². The van der Waals surface area contributed by atoms with Crippen LogP contribution in [0.1, 0.15) is 16.7 Å². The van der Waals surface area contributed by atoms with Gasteiger partial charge in [-0.1, -0.05) is 17.7 Å². The lowest BCUT2D eigenvalue weighted by Gasteiger charge is -2.12. The lowest BCUT2D eigenvalue weighted by molar-refractivity contribution is 0.450. The Kier molecular flexibility index (Phi) is 4.04. The van der Waals surface area contributed by atoms with Crippen molar-refractivity contribution in [1.82, 2.24) is 0 Å². The van der Waals surface area contributed by atoms with Gasteiger partial charge in [0.1, 0.15) is 34.3 Å². The summed E-state index contributed by atoms with van der Waals surface area (Å²) in [7, 11) is 0. The minimum atomic E-state index is -0.0141. The van der Waals surface area contributed by atoms with Crippen molar-refractivity contribution in [3.63, 3.8) is 0 Å². The zero-order valence-corrected chi connectivity index (χ0v) is 15.4. The molecule has 0 amide bonds. The number of rotatable bonds is 3. The molecule has 0 aliphatic rings. The monoisotopic (exact) mass is 360 g/mol. The molecule has 4 aromatic rings. The van der Waals surface area contributed by atoms with Crippen LogP contribution in [-0.2, 0) is 0 Å². The third-order valence-corrected chi connectivity index (χ3v) is 4.50. The number of hydrogen-bond donors (Lipinski definition) is 2. The number of ether oxygens (including phenoxy) is 1. The van der Waals surface area contributed by atoms with Gasteiger partial charge in [0.25, 0.3) is 0 Å². The SMILES string of the molecule is Cc1cc(C)c(Oc2ccc3cc(-c4cc(O)cc(O)c4)oc3c2)c(C)c1. The summed E-state index contributed by atoms with van der Waals surface area (Å²) in [5.74, 6) is 2.08. The maximum Gasteiger partial charge on any atom is 0.138 e. The van der Waals surface area contributed by atoms with E-state index in [4.69, 9.17) is 9.15 Å². The standard InChI is InChI=1S/C23H20O4/c1-13-6-14(2)23(15(3)7-13)26-20-5-4-16-10-21(27-22(16)12-20)17-8-18(24)11-19(25)9-17/h4-12,24-25H,1-3H3.